The summed E-state index contributed by atoms with van der Waals surface area (Å²) in [7, 11) is -3.22. The molecule has 1 aromatic carbocycles. The number of hydrogen-bond acceptors (Lipinski definition) is 4. The van der Waals surface area contributed by atoms with Crippen molar-refractivity contribution in [2.24, 2.45) is 17.6 Å². The minimum absolute atomic E-state index is 0.183. The zero-order valence-electron chi connectivity index (χ0n) is 13.0. The third kappa shape index (κ3) is 4.28. The van der Waals surface area contributed by atoms with Crippen LogP contribution in [0, 0.1) is 11.8 Å². The Morgan fingerprint density at radius 1 is 1.29 bits per heavy atom. The summed E-state index contributed by atoms with van der Waals surface area (Å²) in [5.41, 5.74) is 6.44. The lowest BCUT2D eigenvalue weighted by Gasteiger charge is -2.35. The Labute approximate surface area is 128 Å². The van der Waals surface area contributed by atoms with E-state index in [0.717, 1.165) is 31.0 Å². The molecular formula is C16H26N2O2S. The van der Waals surface area contributed by atoms with Gasteiger partial charge in [-0.05, 0) is 42.5 Å². The topological polar surface area (TPSA) is 63.4 Å². The van der Waals surface area contributed by atoms with Crippen LogP contribution in [0.4, 0.5) is 0 Å². The van der Waals surface area contributed by atoms with E-state index in [9.17, 15) is 8.42 Å². The minimum Gasteiger partial charge on any atom is -0.326 e. The van der Waals surface area contributed by atoms with Crippen molar-refractivity contribution >= 4 is 9.84 Å². The second-order valence-electron chi connectivity index (χ2n) is 6.21. The number of nitrogens with two attached hydrogens (primary N) is 1. The summed E-state index contributed by atoms with van der Waals surface area (Å²) in [4.78, 5) is 2.67. The molecule has 0 radical (unpaired) electrons. The fourth-order valence-corrected chi connectivity index (χ4v) is 4.14. The first-order chi connectivity index (χ1) is 9.92. The SMILES string of the molecule is CC1CCN(CCS(=O)(=O)c2cccc(CN)c2)CC1C. The first-order valence-corrected chi connectivity index (χ1v) is 9.31. The van der Waals surface area contributed by atoms with Gasteiger partial charge in [-0.15, -0.1) is 0 Å². The van der Waals surface area contributed by atoms with E-state index in [4.69, 9.17) is 5.73 Å². The van der Waals surface area contributed by atoms with Crippen LogP contribution in [0.15, 0.2) is 29.2 Å². The van der Waals surface area contributed by atoms with E-state index in [-0.39, 0.29) is 5.75 Å². The first-order valence-electron chi connectivity index (χ1n) is 7.66. The van der Waals surface area contributed by atoms with Gasteiger partial charge in [-0.3, -0.25) is 0 Å². The van der Waals surface area contributed by atoms with Gasteiger partial charge in [-0.1, -0.05) is 26.0 Å². The molecule has 2 N–H and O–H groups in total. The average Bonchev–Trinajstić information content (AvgIpc) is 2.48. The number of nitrogens with zero attached hydrogens (tertiary/aromatic N) is 1. The van der Waals surface area contributed by atoms with Gasteiger partial charge in [0.2, 0.25) is 0 Å². The number of benzene rings is 1. The molecule has 21 heavy (non-hydrogen) atoms. The van der Waals surface area contributed by atoms with E-state index in [1.807, 2.05) is 6.07 Å². The molecule has 1 aromatic rings. The normalized spacial score (nSPS) is 24.1. The summed E-state index contributed by atoms with van der Waals surface area (Å²) in [6.45, 7) is 7.51. The number of piperidine rings is 1. The lowest BCUT2D eigenvalue weighted by Crippen LogP contribution is -2.40. The monoisotopic (exact) mass is 310 g/mol. The molecule has 5 heteroatoms. The third-order valence-electron chi connectivity index (χ3n) is 4.59. The Balaban J connectivity index is 1.98. The maximum atomic E-state index is 12.4. The highest BCUT2D eigenvalue weighted by Gasteiger charge is 2.24. The van der Waals surface area contributed by atoms with Crippen molar-refractivity contribution in [3.8, 4) is 0 Å². The molecule has 0 aliphatic carbocycles. The summed E-state index contributed by atoms with van der Waals surface area (Å²) in [5.74, 6) is 1.56. The van der Waals surface area contributed by atoms with Crippen LogP contribution in [-0.4, -0.2) is 38.7 Å². The molecule has 1 heterocycles. The lowest BCUT2D eigenvalue weighted by atomic mass is 9.89. The fraction of sp³-hybridized carbons (Fsp3) is 0.625. The molecule has 0 amide bonds. The van der Waals surface area contributed by atoms with Crippen LogP contribution in [0.3, 0.4) is 0 Å². The van der Waals surface area contributed by atoms with Crippen molar-refractivity contribution in [2.45, 2.75) is 31.7 Å². The minimum atomic E-state index is -3.22. The van der Waals surface area contributed by atoms with Crippen molar-refractivity contribution in [1.82, 2.24) is 4.90 Å². The third-order valence-corrected chi connectivity index (χ3v) is 6.28. The number of sulfone groups is 1. The Morgan fingerprint density at radius 2 is 2.05 bits per heavy atom. The highest BCUT2D eigenvalue weighted by atomic mass is 32.2. The van der Waals surface area contributed by atoms with Crippen LogP contribution in [0.5, 0.6) is 0 Å². The average molecular weight is 310 g/mol. The van der Waals surface area contributed by atoms with Crippen LogP contribution in [0.2, 0.25) is 0 Å². The van der Waals surface area contributed by atoms with Crippen molar-refractivity contribution in [1.29, 1.82) is 0 Å². The zero-order valence-corrected chi connectivity index (χ0v) is 13.8. The summed E-state index contributed by atoms with van der Waals surface area (Å²) < 4.78 is 24.8. The fourth-order valence-electron chi connectivity index (χ4n) is 2.79. The van der Waals surface area contributed by atoms with Crippen LogP contribution in [-0.2, 0) is 16.4 Å². The molecule has 1 saturated heterocycles. The predicted octanol–water partition coefficient (Wildman–Crippen LogP) is 1.90. The summed E-state index contributed by atoms with van der Waals surface area (Å²) >= 11 is 0. The van der Waals surface area contributed by atoms with Crippen molar-refractivity contribution in [3.63, 3.8) is 0 Å². The predicted molar refractivity (Wildman–Crippen MR) is 85.8 cm³/mol. The van der Waals surface area contributed by atoms with Gasteiger partial charge in [-0.2, -0.15) is 0 Å². The molecular weight excluding hydrogens is 284 g/mol. The van der Waals surface area contributed by atoms with Crippen molar-refractivity contribution in [3.05, 3.63) is 29.8 Å². The maximum absolute atomic E-state index is 12.4. The second-order valence-corrected chi connectivity index (χ2v) is 8.32. The molecule has 1 aliphatic heterocycles. The standard InChI is InChI=1S/C16H26N2O2S/c1-13-6-7-18(12-14(13)2)8-9-21(19,20)16-5-3-4-15(10-16)11-17/h3-5,10,13-14H,6-9,11-12,17H2,1-2H3. The van der Waals surface area contributed by atoms with Crippen LogP contribution >= 0.6 is 0 Å². The van der Waals surface area contributed by atoms with E-state index in [1.165, 1.54) is 0 Å². The number of hydrogen-bond donors (Lipinski definition) is 1. The van der Waals surface area contributed by atoms with Crippen LogP contribution in [0.1, 0.15) is 25.8 Å². The highest BCUT2D eigenvalue weighted by molar-refractivity contribution is 7.91. The molecule has 2 atom stereocenters. The number of rotatable bonds is 5. The second kappa shape index (κ2) is 6.90. The lowest BCUT2D eigenvalue weighted by molar-refractivity contribution is 0.145. The van der Waals surface area contributed by atoms with Gasteiger partial charge in [-0.25, -0.2) is 8.42 Å². The van der Waals surface area contributed by atoms with Gasteiger partial charge in [0.15, 0.2) is 9.84 Å². The first kappa shape index (κ1) is 16.5. The molecule has 1 fully saturated rings. The molecule has 0 spiro atoms. The van der Waals surface area contributed by atoms with Gasteiger partial charge in [0.1, 0.15) is 0 Å². The molecule has 0 aromatic heterocycles. The van der Waals surface area contributed by atoms with Gasteiger partial charge < -0.3 is 10.6 Å². The maximum Gasteiger partial charge on any atom is 0.179 e. The Hall–Kier alpha value is -0.910. The summed E-state index contributed by atoms with van der Waals surface area (Å²) in [6, 6.07) is 6.97. The molecule has 4 nitrogen and oxygen atoms in total. The van der Waals surface area contributed by atoms with Crippen LogP contribution in [0.25, 0.3) is 0 Å². The number of likely N-dealkylation sites (tertiary alicyclic amines) is 1. The van der Waals surface area contributed by atoms with E-state index in [2.05, 4.69) is 18.7 Å². The quantitative estimate of drug-likeness (QED) is 0.902. The van der Waals surface area contributed by atoms with E-state index in [0.29, 0.717) is 23.9 Å². The largest absolute Gasteiger partial charge is 0.326 e. The van der Waals surface area contributed by atoms with E-state index >= 15 is 0 Å². The van der Waals surface area contributed by atoms with Gasteiger partial charge in [0, 0.05) is 19.6 Å². The van der Waals surface area contributed by atoms with Gasteiger partial charge >= 0.3 is 0 Å². The molecule has 118 valence electrons. The smallest absolute Gasteiger partial charge is 0.179 e. The Kier molecular flexibility index (Phi) is 5.41. The van der Waals surface area contributed by atoms with Crippen molar-refractivity contribution < 1.29 is 8.42 Å². The van der Waals surface area contributed by atoms with Crippen molar-refractivity contribution in [2.75, 3.05) is 25.4 Å². The molecule has 0 bridgehead atoms. The molecule has 2 unspecified atom stereocenters. The molecule has 0 saturated carbocycles. The highest BCUT2D eigenvalue weighted by Crippen LogP contribution is 2.22. The Bertz CT molecular complexity index is 571. The summed E-state index contributed by atoms with van der Waals surface area (Å²) in [5, 5.41) is 0. The Morgan fingerprint density at radius 3 is 2.71 bits per heavy atom. The van der Waals surface area contributed by atoms with E-state index in [1.54, 1.807) is 18.2 Å². The summed E-state index contributed by atoms with van der Waals surface area (Å²) in [6.07, 6.45) is 1.16. The molecule has 2 rings (SSSR count). The van der Waals surface area contributed by atoms with Crippen LogP contribution < -0.4 is 5.73 Å². The van der Waals surface area contributed by atoms with E-state index < -0.39 is 9.84 Å². The van der Waals surface area contributed by atoms with Gasteiger partial charge in [0.25, 0.3) is 0 Å². The molecule has 1 aliphatic rings. The zero-order chi connectivity index (χ0) is 15.5. The van der Waals surface area contributed by atoms with Gasteiger partial charge in [0.05, 0.1) is 10.6 Å².